The maximum atomic E-state index is 12.9. The van der Waals surface area contributed by atoms with Crippen LogP contribution in [-0.2, 0) is 11.3 Å². The van der Waals surface area contributed by atoms with Crippen molar-refractivity contribution in [3.8, 4) is 0 Å². The van der Waals surface area contributed by atoms with Crippen LogP contribution in [0.15, 0.2) is 24.5 Å². The Hall–Kier alpha value is -1.96. The van der Waals surface area contributed by atoms with Crippen molar-refractivity contribution in [2.24, 2.45) is 0 Å². The number of piperidine rings is 1. The zero-order chi connectivity index (χ0) is 18.1. The molecule has 7 heteroatoms. The molecule has 1 spiro atoms. The van der Waals surface area contributed by atoms with Crippen molar-refractivity contribution in [3.63, 3.8) is 0 Å². The average Bonchev–Trinajstić information content (AvgIpc) is 3.07. The molecule has 3 heterocycles. The summed E-state index contributed by atoms with van der Waals surface area (Å²) in [7, 11) is 0. The van der Waals surface area contributed by atoms with Crippen molar-refractivity contribution >= 4 is 16.9 Å². The number of hydrogen-bond acceptors (Lipinski definition) is 5. The van der Waals surface area contributed by atoms with Crippen molar-refractivity contribution in [3.05, 3.63) is 30.1 Å². The van der Waals surface area contributed by atoms with Crippen LogP contribution in [0, 0.1) is 0 Å². The lowest BCUT2D eigenvalue weighted by Crippen LogP contribution is -2.56. The Morgan fingerprint density at radius 3 is 2.88 bits per heavy atom. The van der Waals surface area contributed by atoms with E-state index in [1.807, 2.05) is 27.7 Å². The molecule has 0 radical (unpaired) electrons. The number of nitrogens with zero attached hydrogens (tertiary/aromatic N) is 3. The molecule has 2 saturated heterocycles. The molecule has 1 aromatic heterocycles. The lowest BCUT2D eigenvalue weighted by atomic mass is 9.82. The third kappa shape index (κ3) is 3.00. The highest BCUT2D eigenvalue weighted by molar-refractivity contribution is 5.97. The molecule has 1 aromatic carbocycles. The number of carbonyl (C=O) groups excluding carboxylic acids is 1. The Labute approximate surface area is 152 Å². The van der Waals surface area contributed by atoms with Gasteiger partial charge in [-0.1, -0.05) is 0 Å². The van der Waals surface area contributed by atoms with E-state index in [0.717, 1.165) is 23.9 Å². The van der Waals surface area contributed by atoms with Gasteiger partial charge in [0, 0.05) is 31.8 Å². The lowest BCUT2D eigenvalue weighted by molar-refractivity contribution is -0.174. The number of likely N-dealkylation sites (tertiary alicyclic amines) is 1. The predicted octanol–water partition coefficient (Wildman–Crippen LogP) is 1.17. The highest BCUT2D eigenvalue weighted by Crippen LogP contribution is 2.35. The summed E-state index contributed by atoms with van der Waals surface area (Å²) < 4.78 is 7.79. The van der Waals surface area contributed by atoms with Gasteiger partial charge in [-0.25, -0.2) is 4.98 Å². The van der Waals surface area contributed by atoms with Gasteiger partial charge in [-0.2, -0.15) is 0 Å². The molecule has 0 saturated carbocycles. The van der Waals surface area contributed by atoms with Crippen molar-refractivity contribution in [1.29, 1.82) is 0 Å². The molecule has 2 aliphatic rings. The molecular formula is C19H25N3O4. The van der Waals surface area contributed by atoms with E-state index in [2.05, 4.69) is 4.98 Å². The molecule has 26 heavy (non-hydrogen) atoms. The van der Waals surface area contributed by atoms with Crippen LogP contribution in [0.25, 0.3) is 11.0 Å². The van der Waals surface area contributed by atoms with E-state index in [1.54, 1.807) is 6.33 Å². The molecule has 2 fully saturated rings. The number of carbonyl (C=O) groups is 1. The van der Waals surface area contributed by atoms with Gasteiger partial charge in [-0.3, -0.25) is 4.79 Å². The molecule has 0 bridgehead atoms. The summed E-state index contributed by atoms with van der Waals surface area (Å²) in [6, 6.07) is 5.50. The summed E-state index contributed by atoms with van der Waals surface area (Å²) in [5.41, 5.74) is 1.81. The van der Waals surface area contributed by atoms with Crippen LogP contribution in [0.1, 0.15) is 36.0 Å². The maximum Gasteiger partial charge on any atom is 0.253 e. The second kappa shape index (κ2) is 6.98. The smallest absolute Gasteiger partial charge is 0.253 e. The number of ether oxygens (including phenoxy) is 1. The van der Waals surface area contributed by atoms with Gasteiger partial charge in [-0.15, -0.1) is 0 Å². The number of fused-ring (bicyclic) bond motifs is 1. The summed E-state index contributed by atoms with van der Waals surface area (Å²) in [4.78, 5) is 19.0. The fourth-order valence-electron chi connectivity index (χ4n) is 4.14. The minimum Gasteiger partial charge on any atom is -0.395 e. The van der Waals surface area contributed by atoms with E-state index in [4.69, 9.17) is 9.84 Å². The molecule has 7 nitrogen and oxygen atoms in total. The van der Waals surface area contributed by atoms with Gasteiger partial charge in [0.15, 0.2) is 0 Å². The van der Waals surface area contributed by atoms with Crippen molar-refractivity contribution < 1.29 is 19.7 Å². The van der Waals surface area contributed by atoms with Crippen LogP contribution in [0.5, 0.6) is 0 Å². The van der Waals surface area contributed by atoms with Crippen LogP contribution >= 0.6 is 0 Å². The number of amides is 1. The zero-order valence-electron chi connectivity index (χ0n) is 14.8. The fraction of sp³-hybridized carbons (Fsp3) is 0.579. The second-order valence-corrected chi connectivity index (χ2v) is 7.23. The lowest BCUT2D eigenvalue weighted by Gasteiger charge is -2.46. The Bertz CT molecular complexity index is 795. The summed E-state index contributed by atoms with van der Waals surface area (Å²) in [6.45, 7) is 2.41. The molecule has 2 aromatic rings. The Morgan fingerprint density at radius 1 is 1.35 bits per heavy atom. The number of imidazole rings is 1. The molecule has 1 unspecified atom stereocenters. The van der Waals surface area contributed by atoms with E-state index in [-0.39, 0.29) is 12.5 Å². The van der Waals surface area contributed by atoms with Gasteiger partial charge in [0.2, 0.25) is 0 Å². The van der Waals surface area contributed by atoms with Gasteiger partial charge in [0.25, 0.3) is 5.91 Å². The normalized spacial score (nSPS) is 22.8. The van der Waals surface area contributed by atoms with Crippen LogP contribution in [0.4, 0.5) is 0 Å². The van der Waals surface area contributed by atoms with E-state index >= 15 is 0 Å². The number of aromatic nitrogens is 2. The van der Waals surface area contributed by atoms with Crippen molar-refractivity contribution in [1.82, 2.24) is 14.5 Å². The van der Waals surface area contributed by atoms with Crippen molar-refractivity contribution in [2.45, 2.75) is 43.9 Å². The molecule has 0 aliphatic carbocycles. The minimum absolute atomic E-state index is 0.0104. The van der Waals surface area contributed by atoms with Crippen LogP contribution < -0.4 is 0 Å². The molecule has 2 N–H and O–H groups in total. The molecule has 1 amide bonds. The fourth-order valence-corrected chi connectivity index (χ4v) is 4.14. The first-order valence-corrected chi connectivity index (χ1v) is 9.30. The van der Waals surface area contributed by atoms with E-state index in [0.29, 0.717) is 44.6 Å². The van der Waals surface area contributed by atoms with Gasteiger partial charge in [-0.05, 0) is 43.9 Å². The summed E-state index contributed by atoms with van der Waals surface area (Å²) in [6.07, 6.45) is 4.28. The Kier molecular flexibility index (Phi) is 4.69. The van der Waals surface area contributed by atoms with Gasteiger partial charge >= 0.3 is 0 Å². The SMILES string of the molecule is O=C(c1ccc2c(c1)ncn2CCO)N1CCC2(CC1)OCCCC2O. The molecule has 4 rings (SSSR count). The maximum absolute atomic E-state index is 12.9. The standard InChI is InChI=1S/C19H25N3O4/c23-10-9-22-13-20-15-12-14(3-4-16(15)22)18(25)21-7-5-19(6-8-21)17(24)2-1-11-26-19/h3-4,12-13,17,23-24H,1-2,5-11H2. The number of rotatable bonds is 3. The summed E-state index contributed by atoms with van der Waals surface area (Å²) in [5.74, 6) is -0.0104. The first-order valence-electron chi connectivity index (χ1n) is 9.30. The number of benzene rings is 1. The quantitative estimate of drug-likeness (QED) is 0.859. The molecule has 1 atom stereocenters. The van der Waals surface area contributed by atoms with Gasteiger partial charge in [0.05, 0.1) is 35.7 Å². The highest BCUT2D eigenvalue weighted by Gasteiger charge is 2.44. The van der Waals surface area contributed by atoms with Gasteiger partial charge < -0.3 is 24.4 Å². The first kappa shape index (κ1) is 17.5. The molecule has 2 aliphatic heterocycles. The first-order chi connectivity index (χ1) is 12.6. The Balaban J connectivity index is 1.47. The Morgan fingerprint density at radius 2 is 2.15 bits per heavy atom. The molecular weight excluding hydrogens is 334 g/mol. The average molecular weight is 359 g/mol. The van der Waals surface area contributed by atoms with Crippen LogP contribution in [0.3, 0.4) is 0 Å². The minimum atomic E-state index is -0.470. The van der Waals surface area contributed by atoms with E-state index in [1.165, 1.54) is 0 Å². The summed E-state index contributed by atoms with van der Waals surface area (Å²) >= 11 is 0. The molecule has 140 valence electrons. The van der Waals surface area contributed by atoms with E-state index in [9.17, 15) is 9.90 Å². The number of aliphatic hydroxyl groups excluding tert-OH is 2. The number of aliphatic hydroxyl groups is 2. The topological polar surface area (TPSA) is 87.8 Å². The third-order valence-corrected chi connectivity index (χ3v) is 5.72. The van der Waals surface area contributed by atoms with Crippen LogP contribution in [0.2, 0.25) is 0 Å². The number of hydrogen-bond donors (Lipinski definition) is 2. The third-order valence-electron chi connectivity index (χ3n) is 5.72. The van der Waals surface area contributed by atoms with Crippen molar-refractivity contribution in [2.75, 3.05) is 26.3 Å². The second-order valence-electron chi connectivity index (χ2n) is 7.23. The highest BCUT2D eigenvalue weighted by atomic mass is 16.5. The summed E-state index contributed by atoms with van der Waals surface area (Å²) in [5, 5.41) is 19.4. The van der Waals surface area contributed by atoms with Crippen LogP contribution in [-0.4, -0.2) is 68.6 Å². The monoisotopic (exact) mass is 359 g/mol. The zero-order valence-corrected chi connectivity index (χ0v) is 14.8. The van der Waals surface area contributed by atoms with Gasteiger partial charge in [0.1, 0.15) is 0 Å². The van der Waals surface area contributed by atoms with E-state index < -0.39 is 11.7 Å². The predicted molar refractivity (Wildman–Crippen MR) is 95.9 cm³/mol. The largest absolute Gasteiger partial charge is 0.395 e.